The van der Waals surface area contributed by atoms with Crippen LogP contribution >= 0.6 is 0 Å². The highest BCUT2D eigenvalue weighted by Gasteiger charge is 2.45. The van der Waals surface area contributed by atoms with Crippen LogP contribution in [0.2, 0.25) is 54.4 Å². The Morgan fingerprint density at radius 2 is 1.22 bits per heavy atom. The van der Waals surface area contributed by atoms with Crippen LogP contribution in [0.15, 0.2) is 36.0 Å². The van der Waals surface area contributed by atoms with Crippen molar-refractivity contribution in [3.63, 3.8) is 0 Å². The predicted octanol–water partition coefficient (Wildman–Crippen LogP) is 13.4. The lowest BCUT2D eigenvalue weighted by atomic mass is 9.86. The van der Waals surface area contributed by atoms with Crippen LogP contribution in [-0.4, -0.2) is 42.8 Å². The molecule has 0 saturated heterocycles. The van der Waals surface area contributed by atoms with E-state index in [4.69, 9.17) is 13.3 Å². The molecule has 3 nitrogen and oxygen atoms in total. The van der Waals surface area contributed by atoms with Crippen LogP contribution < -0.4 is 0 Å². The summed E-state index contributed by atoms with van der Waals surface area (Å²) in [4.78, 5) is 0. The summed E-state index contributed by atoms with van der Waals surface area (Å²) >= 11 is 0. The molecule has 3 atom stereocenters. The Balaban J connectivity index is 2.76. The Morgan fingerprint density at radius 1 is 0.778 bits per heavy atom. The minimum absolute atomic E-state index is 0.0131. The summed E-state index contributed by atoms with van der Waals surface area (Å²) in [6.45, 7) is 42.0. The topological polar surface area (TPSA) is 27.7 Å². The summed E-state index contributed by atoms with van der Waals surface area (Å²) in [6.07, 6.45) is 16.4. The van der Waals surface area contributed by atoms with E-state index in [0.717, 1.165) is 30.8 Å². The summed E-state index contributed by atoms with van der Waals surface area (Å²) in [6, 6.07) is 3.70. The van der Waals surface area contributed by atoms with Gasteiger partial charge in [0.2, 0.25) is 0 Å². The quantitative estimate of drug-likeness (QED) is 0.0820. The van der Waals surface area contributed by atoms with E-state index in [2.05, 4.69) is 134 Å². The third-order valence-corrected chi connectivity index (χ3v) is 25.5. The number of hydrogen-bond acceptors (Lipinski definition) is 3. The van der Waals surface area contributed by atoms with Gasteiger partial charge in [0.15, 0.2) is 25.0 Å². The minimum atomic E-state index is -1.94. The minimum Gasteiger partial charge on any atom is -0.412 e. The van der Waals surface area contributed by atoms with E-state index in [1.54, 1.807) is 0 Å². The molecule has 0 bridgehead atoms. The largest absolute Gasteiger partial charge is 0.412 e. The van der Waals surface area contributed by atoms with Crippen LogP contribution in [0, 0.1) is 5.92 Å². The molecule has 6 heteroatoms. The zero-order valence-corrected chi connectivity index (χ0v) is 36.2. The molecular formula is C39H78O3Si3. The molecule has 1 aliphatic rings. The molecule has 0 heterocycles. The van der Waals surface area contributed by atoms with Gasteiger partial charge in [-0.1, -0.05) is 119 Å². The molecule has 0 aromatic carbocycles. The van der Waals surface area contributed by atoms with Crippen molar-refractivity contribution in [2.75, 3.05) is 0 Å². The molecule has 0 aromatic heterocycles. The number of hydrogen-bond donors (Lipinski definition) is 0. The van der Waals surface area contributed by atoms with Gasteiger partial charge in [0.1, 0.15) is 0 Å². The maximum Gasteiger partial charge on any atom is 0.192 e. The highest BCUT2D eigenvalue weighted by Crippen LogP contribution is 2.44. The fourth-order valence-electron chi connectivity index (χ4n) is 5.97. The molecule has 1 saturated carbocycles. The third-order valence-electron chi connectivity index (χ3n) is 11.6. The highest BCUT2D eigenvalue weighted by molar-refractivity contribution is 6.74. The summed E-state index contributed by atoms with van der Waals surface area (Å²) in [5.41, 5.74) is 2.60. The molecule has 0 spiro atoms. The van der Waals surface area contributed by atoms with E-state index in [1.165, 1.54) is 55.8 Å². The number of rotatable bonds is 18. The molecule has 1 rings (SSSR count). The summed E-state index contributed by atoms with van der Waals surface area (Å²) in [7, 11) is -5.43. The smallest absolute Gasteiger partial charge is 0.192 e. The molecule has 1 fully saturated rings. The van der Waals surface area contributed by atoms with E-state index in [-0.39, 0.29) is 27.9 Å². The average Bonchev–Trinajstić information content (AvgIpc) is 2.90. The van der Waals surface area contributed by atoms with Crippen molar-refractivity contribution in [2.24, 2.45) is 5.92 Å². The fraction of sp³-hybridized carbons (Fsp3) is 0.846. The Labute approximate surface area is 285 Å². The van der Waals surface area contributed by atoms with Crippen molar-refractivity contribution < 1.29 is 13.3 Å². The van der Waals surface area contributed by atoms with Crippen LogP contribution in [0.5, 0.6) is 0 Å². The van der Waals surface area contributed by atoms with Crippen molar-refractivity contribution in [1.29, 1.82) is 0 Å². The predicted molar refractivity (Wildman–Crippen MR) is 209 cm³/mol. The molecular weight excluding hydrogens is 601 g/mol. The molecule has 264 valence electrons. The van der Waals surface area contributed by atoms with Crippen LogP contribution in [0.25, 0.3) is 0 Å². The molecule has 45 heavy (non-hydrogen) atoms. The first-order chi connectivity index (χ1) is 20.4. The first kappa shape index (κ1) is 42.8. The Hall–Kier alpha value is -0.249. The van der Waals surface area contributed by atoms with Crippen molar-refractivity contribution in [2.45, 2.75) is 207 Å². The first-order valence-electron chi connectivity index (χ1n) is 18.5. The SMILES string of the molecule is C=C1[C@H](O[Si](C)(C)C(C)(C)C)CC(=CC=CCCC[C@@H](C)CCCC(C)(C)O[Si](CC)(CC)CC)C[C@H]1O[Si](C)(C)C(C)(C)C. The van der Waals surface area contributed by atoms with Gasteiger partial charge in [0.05, 0.1) is 17.8 Å². The van der Waals surface area contributed by atoms with Crippen LogP contribution in [0.1, 0.15) is 134 Å². The Kier molecular flexibility index (Phi) is 16.6. The fourth-order valence-corrected chi connectivity index (χ4v) is 11.8. The molecule has 1 aliphatic carbocycles. The van der Waals surface area contributed by atoms with Gasteiger partial charge in [-0.15, -0.1) is 0 Å². The Bertz CT molecular complexity index is 911. The highest BCUT2D eigenvalue weighted by atomic mass is 28.4. The molecule has 0 unspecified atom stereocenters. The van der Waals surface area contributed by atoms with E-state index in [0.29, 0.717) is 0 Å². The lowest BCUT2D eigenvalue weighted by Gasteiger charge is -2.46. The monoisotopic (exact) mass is 679 g/mol. The average molecular weight is 679 g/mol. The van der Waals surface area contributed by atoms with Crippen molar-refractivity contribution in [3.8, 4) is 0 Å². The zero-order chi connectivity index (χ0) is 34.9. The third kappa shape index (κ3) is 13.6. The van der Waals surface area contributed by atoms with Crippen molar-refractivity contribution in [1.82, 2.24) is 0 Å². The van der Waals surface area contributed by atoms with Gasteiger partial charge in [-0.2, -0.15) is 0 Å². The van der Waals surface area contributed by atoms with Gasteiger partial charge in [-0.05, 0) is 112 Å². The van der Waals surface area contributed by atoms with E-state index >= 15 is 0 Å². The van der Waals surface area contributed by atoms with E-state index < -0.39 is 25.0 Å². The number of unbranched alkanes of at least 4 members (excludes halogenated alkanes) is 1. The summed E-state index contributed by atoms with van der Waals surface area (Å²) in [5, 5.41) is 0.329. The van der Waals surface area contributed by atoms with Gasteiger partial charge in [0.25, 0.3) is 0 Å². The van der Waals surface area contributed by atoms with Gasteiger partial charge >= 0.3 is 0 Å². The molecule has 0 N–H and O–H groups in total. The van der Waals surface area contributed by atoms with Crippen LogP contribution in [0.3, 0.4) is 0 Å². The second-order valence-electron chi connectivity index (χ2n) is 18.0. The number of allylic oxidation sites excluding steroid dienone is 3. The zero-order valence-electron chi connectivity index (χ0n) is 33.2. The summed E-state index contributed by atoms with van der Waals surface area (Å²) in [5.74, 6) is 0.768. The lowest BCUT2D eigenvalue weighted by Crippen LogP contribution is -2.49. The first-order valence-corrected chi connectivity index (χ1v) is 26.9. The van der Waals surface area contributed by atoms with Gasteiger partial charge in [0, 0.05) is 0 Å². The lowest BCUT2D eigenvalue weighted by molar-refractivity contribution is 0.0815. The van der Waals surface area contributed by atoms with Crippen LogP contribution in [0.4, 0.5) is 0 Å². The van der Waals surface area contributed by atoms with Gasteiger partial charge in [-0.25, -0.2) is 0 Å². The summed E-state index contributed by atoms with van der Waals surface area (Å²) < 4.78 is 20.8. The Morgan fingerprint density at radius 3 is 1.64 bits per heavy atom. The van der Waals surface area contributed by atoms with Crippen molar-refractivity contribution >= 4 is 25.0 Å². The van der Waals surface area contributed by atoms with E-state index in [1.807, 2.05) is 0 Å². The second-order valence-corrected chi connectivity index (χ2v) is 32.2. The van der Waals surface area contributed by atoms with Crippen LogP contribution in [-0.2, 0) is 13.3 Å². The normalized spacial score (nSPS) is 20.3. The van der Waals surface area contributed by atoms with Gasteiger partial charge < -0.3 is 13.3 Å². The maximum atomic E-state index is 6.99. The molecule has 0 aliphatic heterocycles. The molecule has 0 amide bonds. The van der Waals surface area contributed by atoms with E-state index in [9.17, 15) is 0 Å². The van der Waals surface area contributed by atoms with Crippen molar-refractivity contribution in [3.05, 3.63) is 36.0 Å². The second kappa shape index (κ2) is 17.4. The maximum absolute atomic E-state index is 6.99. The molecule has 0 radical (unpaired) electrons. The standard InChI is InChI=1S/C39H78O3Si3/c1-18-45(19-2,20-3)42-39(12,13)29-25-27-32(4)26-23-21-22-24-28-34-30-35(40-43(14,15)37(6,7)8)33(5)36(31-34)41-44(16,17)38(9,10)11/h22,24,28,32,35-36H,5,18-21,23,25-27,29-31H2,1-4,6-17H3/t32-,35-,36-/m1/s1. The molecule has 0 aromatic rings. The van der Waals surface area contributed by atoms with Gasteiger partial charge in [-0.3, -0.25) is 0 Å².